The number of anilines is 1. The minimum absolute atomic E-state index is 0.176. The molecule has 3 rings (SSSR count). The maximum absolute atomic E-state index is 12.5. The molecular weight excluding hydrogens is 312 g/mol. The lowest BCUT2D eigenvalue weighted by Crippen LogP contribution is -2.23. The fraction of sp³-hybridized carbons (Fsp3) is 0.312. The van der Waals surface area contributed by atoms with Gasteiger partial charge in [-0.05, 0) is 32.9 Å². The predicted molar refractivity (Wildman–Crippen MR) is 90.4 cm³/mol. The molecule has 0 saturated carbocycles. The first-order valence-electron chi connectivity index (χ1n) is 7.27. The van der Waals surface area contributed by atoms with E-state index >= 15 is 0 Å². The van der Waals surface area contributed by atoms with E-state index in [0.717, 1.165) is 11.0 Å². The molecule has 2 aromatic heterocycles. The molecule has 7 heteroatoms. The number of carbonyl (C=O) groups excluding carboxylic acids is 1. The van der Waals surface area contributed by atoms with E-state index in [1.165, 1.54) is 11.3 Å². The highest BCUT2D eigenvalue weighted by Crippen LogP contribution is 2.29. The van der Waals surface area contributed by atoms with Crippen molar-refractivity contribution < 1.29 is 9.90 Å². The second kappa shape index (κ2) is 5.75. The number of thiazole rings is 1. The van der Waals surface area contributed by atoms with E-state index in [1.807, 2.05) is 35.8 Å². The summed E-state index contributed by atoms with van der Waals surface area (Å²) in [6.45, 7) is 5.19. The summed E-state index contributed by atoms with van der Waals surface area (Å²) in [5.41, 5.74) is 0.796. The summed E-state index contributed by atoms with van der Waals surface area (Å²) in [4.78, 5) is 21.6. The van der Waals surface area contributed by atoms with Gasteiger partial charge in [-0.15, -0.1) is 0 Å². The quantitative estimate of drug-likeness (QED) is 0.771. The number of aliphatic hydroxyl groups is 1. The van der Waals surface area contributed by atoms with Crippen molar-refractivity contribution in [2.24, 2.45) is 0 Å². The third-order valence-corrected chi connectivity index (χ3v) is 4.84. The van der Waals surface area contributed by atoms with Gasteiger partial charge < -0.3 is 15.0 Å². The number of hydrogen-bond acceptors (Lipinski definition) is 5. The first-order chi connectivity index (χ1) is 10.9. The van der Waals surface area contributed by atoms with E-state index in [2.05, 4.69) is 15.3 Å². The van der Waals surface area contributed by atoms with Crippen molar-refractivity contribution in [1.29, 1.82) is 0 Å². The van der Waals surface area contributed by atoms with E-state index < -0.39 is 11.6 Å². The highest BCUT2D eigenvalue weighted by Gasteiger charge is 2.22. The Balaban J connectivity index is 1.79. The van der Waals surface area contributed by atoms with Gasteiger partial charge in [0.05, 0.1) is 27.8 Å². The lowest BCUT2D eigenvalue weighted by Gasteiger charge is -2.14. The van der Waals surface area contributed by atoms with Crippen molar-refractivity contribution in [1.82, 2.24) is 14.5 Å². The van der Waals surface area contributed by atoms with Gasteiger partial charge in [-0.1, -0.05) is 23.5 Å². The molecule has 1 atom stereocenters. The van der Waals surface area contributed by atoms with Gasteiger partial charge in [0.2, 0.25) is 5.91 Å². The van der Waals surface area contributed by atoms with Crippen LogP contribution in [0.5, 0.6) is 0 Å². The molecule has 0 aliphatic heterocycles. The predicted octanol–water partition coefficient (Wildman–Crippen LogP) is 2.92. The van der Waals surface area contributed by atoms with Crippen LogP contribution in [0.4, 0.5) is 5.13 Å². The molecule has 2 heterocycles. The molecular formula is C16H18N4O2S. The zero-order valence-corrected chi connectivity index (χ0v) is 14.0. The molecule has 0 aliphatic rings. The van der Waals surface area contributed by atoms with Gasteiger partial charge in [0.1, 0.15) is 6.04 Å². The molecule has 1 unspecified atom stereocenters. The van der Waals surface area contributed by atoms with Crippen LogP contribution < -0.4 is 5.32 Å². The van der Waals surface area contributed by atoms with Crippen molar-refractivity contribution >= 4 is 33.4 Å². The Morgan fingerprint density at radius 3 is 2.78 bits per heavy atom. The number of imidazole rings is 1. The fourth-order valence-corrected chi connectivity index (χ4v) is 3.06. The first kappa shape index (κ1) is 15.6. The topological polar surface area (TPSA) is 80.0 Å². The Kier molecular flexibility index (Phi) is 3.91. The minimum Gasteiger partial charge on any atom is -0.385 e. The van der Waals surface area contributed by atoms with Crippen LogP contribution in [0.2, 0.25) is 0 Å². The number of amides is 1. The van der Waals surface area contributed by atoms with Crippen molar-refractivity contribution in [2.75, 3.05) is 5.32 Å². The third kappa shape index (κ3) is 3.11. The monoisotopic (exact) mass is 330 g/mol. The Morgan fingerprint density at radius 1 is 1.35 bits per heavy atom. The standard InChI is InChI=1S/C16H18N4O2S/c1-10(20-9-18-11-6-4-5-7-12(11)20)14(21)19-15-17-8-13(23-15)16(2,3)22/h4-10,22H,1-3H3,(H,17,19,21). The molecule has 6 nitrogen and oxygen atoms in total. The number of nitrogens with zero attached hydrogens (tertiary/aromatic N) is 3. The summed E-state index contributed by atoms with van der Waals surface area (Å²) >= 11 is 1.27. The summed E-state index contributed by atoms with van der Waals surface area (Å²) in [5.74, 6) is -0.176. The lowest BCUT2D eigenvalue weighted by molar-refractivity contribution is -0.118. The first-order valence-corrected chi connectivity index (χ1v) is 8.09. The summed E-state index contributed by atoms with van der Waals surface area (Å²) < 4.78 is 1.83. The Bertz CT molecular complexity index is 847. The average Bonchev–Trinajstić information content (AvgIpc) is 3.12. The Morgan fingerprint density at radius 2 is 2.09 bits per heavy atom. The molecule has 2 N–H and O–H groups in total. The SMILES string of the molecule is CC(C(=O)Nc1ncc(C(C)(C)O)s1)n1cnc2ccccc21. The number of nitrogens with one attached hydrogen (secondary N) is 1. The molecule has 0 spiro atoms. The molecule has 0 bridgehead atoms. The minimum atomic E-state index is -0.965. The van der Waals surface area contributed by atoms with E-state index in [1.54, 1.807) is 26.4 Å². The summed E-state index contributed by atoms with van der Waals surface area (Å²) in [7, 11) is 0. The maximum Gasteiger partial charge on any atom is 0.248 e. The normalized spacial score (nSPS) is 13.2. The molecule has 1 aromatic carbocycles. The smallest absolute Gasteiger partial charge is 0.248 e. The molecule has 120 valence electrons. The molecule has 1 amide bonds. The third-order valence-electron chi connectivity index (χ3n) is 3.62. The summed E-state index contributed by atoms with van der Waals surface area (Å²) in [5, 5.41) is 13.2. The number of hydrogen-bond donors (Lipinski definition) is 2. The number of aromatic nitrogens is 3. The van der Waals surface area contributed by atoms with Crippen LogP contribution in [0.3, 0.4) is 0 Å². The van der Waals surface area contributed by atoms with Crippen LogP contribution >= 0.6 is 11.3 Å². The van der Waals surface area contributed by atoms with Crippen LogP contribution in [0, 0.1) is 0 Å². The van der Waals surface area contributed by atoms with Gasteiger partial charge in [0.25, 0.3) is 0 Å². The number of fused-ring (bicyclic) bond motifs is 1. The van der Waals surface area contributed by atoms with Gasteiger partial charge in [-0.3, -0.25) is 4.79 Å². The largest absolute Gasteiger partial charge is 0.385 e. The van der Waals surface area contributed by atoms with Gasteiger partial charge in [-0.25, -0.2) is 9.97 Å². The summed E-state index contributed by atoms with van der Waals surface area (Å²) in [6, 6.07) is 7.26. The maximum atomic E-state index is 12.5. The van der Waals surface area contributed by atoms with Crippen LogP contribution in [0.25, 0.3) is 11.0 Å². The molecule has 0 fully saturated rings. The molecule has 3 aromatic rings. The number of benzene rings is 1. The van der Waals surface area contributed by atoms with Gasteiger partial charge in [-0.2, -0.15) is 0 Å². The highest BCUT2D eigenvalue weighted by molar-refractivity contribution is 7.15. The Hall–Kier alpha value is -2.25. The van der Waals surface area contributed by atoms with E-state index in [4.69, 9.17) is 0 Å². The zero-order valence-electron chi connectivity index (χ0n) is 13.1. The molecule has 0 saturated heterocycles. The summed E-state index contributed by atoms with van der Waals surface area (Å²) in [6.07, 6.45) is 3.25. The van der Waals surface area contributed by atoms with Crippen LogP contribution in [0.15, 0.2) is 36.8 Å². The van der Waals surface area contributed by atoms with Gasteiger partial charge in [0.15, 0.2) is 5.13 Å². The number of rotatable bonds is 4. The highest BCUT2D eigenvalue weighted by atomic mass is 32.1. The fourth-order valence-electron chi connectivity index (χ4n) is 2.24. The average molecular weight is 330 g/mol. The number of carbonyl (C=O) groups is 1. The lowest BCUT2D eigenvalue weighted by atomic mass is 10.1. The zero-order chi connectivity index (χ0) is 16.6. The van der Waals surface area contributed by atoms with E-state index in [9.17, 15) is 9.90 Å². The number of para-hydroxylation sites is 2. The molecule has 0 aliphatic carbocycles. The van der Waals surface area contributed by atoms with Crippen LogP contribution in [-0.4, -0.2) is 25.5 Å². The molecule has 0 radical (unpaired) electrons. The van der Waals surface area contributed by atoms with Crippen LogP contribution in [-0.2, 0) is 10.4 Å². The Labute approximate surface area is 137 Å². The van der Waals surface area contributed by atoms with E-state index in [-0.39, 0.29) is 5.91 Å². The molecule has 23 heavy (non-hydrogen) atoms. The van der Waals surface area contributed by atoms with E-state index in [0.29, 0.717) is 10.0 Å². The second-order valence-electron chi connectivity index (χ2n) is 5.89. The second-order valence-corrected chi connectivity index (χ2v) is 6.93. The van der Waals surface area contributed by atoms with Crippen molar-refractivity contribution in [3.63, 3.8) is 0 Å². The van der Waals surface area contributed by atoms with Crippen molar-refractivity contribution in [2.45, 2.75) is 32.4 Å². The van der Waals surface area contributed by atoms with Gasteiger partial charge in [0, 0.05) is 6.20 Å². The van der Waals surface area contributed by atoms with Crippen molar-refractivity contribution in [3.05, 3.63) is 41.7 Å². The van der Waals surface area contributed by atoms with Crippen molar-refractivity contribution in [3.8, 4) is 0 Å². The van der Waals surface area contributed by atoms with Gasteiger partial charge >= 0.3 is 0 Å². The van der Waals surface area contributed by atoms with Crippen LogP contribution in [0.1, 0.15) is 31.7 Å².